The van der Waals surface area contributed by atoms with Gasteiger partial charge in [0.2, 0.25) is 0 Å². The summed E-state index contributed by atoms with van der Waals surface area (Å²) in [6, 6.07) is 0.206. The Morgan fingerprint density at radius 3 is 3.33 bits per heavy atom. The highest BCUT2D eigenvalue weighted by Gasteiger charge is 2.30. The predicted molar refractivity (Wildman–Crippen MR) is 44.8 cm³/mol. The molecule has 12 heavy (non-hydrogen) atoms. The first-order valence-corrected chi connectivity index (χ1v) is 4.48. The molecule has 2 aliphatic heterocycles. The van der Waals surface area contributed by atoms with Crippen molar-refractivity contribution in [3.63, 3.8) is 0 Å². The van der Waals surface area contributed by atoms with Crippen LogP contribution in [-0.2, 0) is 4.74 Å². The number of fused-ring (bicyclic) bond motifs is 1. The summed E-state index contributed by atoms with van der Waals surface area (Å²) in [5.41, 5.74) is 0. The number of carbonyl (C=O) groups is 1. The van der Waals surface area contributed by atoms with E-state index in [1.165, 1.54) is 6.42 Å². The summed E-state index contributed by atoms with van der Waals surface area (Å²) < 4.78 is 4.95. The van der Waals surface area contributed by atoms with Crippen LogP contribution in [0.1, 0.15) is 19.3 Å². The Bertz CT molecular complexity index is 213. The predicted octanol–water partition coefficient (Wildman–Crippen LogP) is 1.55. The van der Waals surface area contributed by atoms with Crippen LogP contribution in [0.2, 0.25) is 0 Å². The molecule has 66 valence electrons. The Kier molecular flexibility index (Phi) is 2.02. The average molecular weight is 167 g/mol. The molecule has 0 bridgehead atoms. The molecule has 2 rings (SSSR count). The van der Waals surface area contributed by atoms with E-state index in [9.17, 15) is 4.79 Å². The van der Waals surface area contributed by atoms with Crippen LogP contribution in [0.5, 0.6) is 0 Å². The lowest BCUT2D eigenvalue weighted by Crippen LogP contribution is -2.33. The molecule has 0 spiro atoms. The van der Waals surface area contributed by atoms with Gasteiger partial charge in [0.05, 0.1) is 6.04 Å². The first-order chi connectivity index (χ1) is 5.88. The minimum Gasteiger partial charge on any atom is -0.447 e. The zero-order chi connectivity index (χ0) is 8.39. The van der Waals surface area contributed by atoms with Crippen molar-refractivity contribution < 1.29 is 9.53 Å². The van der Waals surface area contributed by atoms with Gasteiger partial charge in [-0.15, -0.1) is 0 Å². The topological polar surface area (TPSA) is 29.5 Å². The highest BCUT2D eigenvalue weighted by atomic mass is 16.6. The van der Waals surface area contributed by atoms with Gasteiger partial charge in [0.25, 0.3) is 0 Å². The summed E-state index contributed by atoms with van der Waals surface area (Å²) in [5, 5.41) is 0. The van der Waals surface area contributed by atoms with Crippen LogP contribution < -0.4 is 0 Å². The number of amides is 1. The van der Waals surface area contributed by atoms with Crippen molar-refractivity contribution >= 4 is 6.09 Å². The Hall–Kier alpha value is -0.990. The number of ether oxygens (including phenoxy) is 1. The maximum absolute atomic E-state index is 11.1. The van der Waals surface area contributed by atoms with Crippen LogP contribution in [-0.4, -0.2) is 30.2 Å². The Labute approximate surface area is 72.0 Å². The van der Waals surface area contributed by atoms with Gasteiger partial charge < -0.3 is 4.74 Å². The van der Waals surface area contributed by atoms with Gasteiger partial charge in [0.15, 0.2) is 0 Å². The van der Waals surface area contributed by atoms with Crippen LogP contribution in [0.15, 0.2) is 12.2 Å². The maximum atomic E-state index is 11.1. The fourth-order valence-corrected chi connectivity index (χ4v) is 1.68. The van der Waals surface area contributed by atoms with Crippen molar-refractivity contribution in [2.75, 3.05) is 13.2 Å². The number of nitrogens with zero attached hydrogens (tertiary/aromatic N) is 1. The van der Waals surface area contributed by atoms with Gasteiger partial charge in [0.1, 0.15) is 6.61 Å². The standard InChI is InChI=1S/C9H13NO2/c11-9-10-6-4-2-1-3-5-8(10)7-12-9/h3,5,8H,1-2,4,6-7H2/b5-3-/t8-/m0/s1. The van der Waals surface area contributed by atoms with Gasteiger partial charge in [0, 0.05) is 6.54 Å². The van der Waals surface area contributed by atoms with Gasteiger partial charge in [-0.3, -0.25) is 4.90 Å². The molecule has 1 atom stereocenters. The van der Waals surface area contributed by atoms with Gasteiger partial charge in [-0.1, -0.05) is 12.2 Å². The molecule has 0 aliphatic carbocycles. The molecule has 2 aliphatic rings. The van der Waals surface area contributed by atoms with E-state index >= 15 is 0 Å². The third-order valence-electron chi connectivity index (χ3n) is 2.39. The van der Waals surface area contributed by atoms with Gasteiger partial charge in [-0.25, -0.2) is 4.79 Å². The fourth-order valence-electron chi connectivity index (χ4n) is 1.68. The normalized spacial score (nSPS) is 31.8. The number of hydrogen-bond acceptors (Lipinski definition) is 2. The molecule has 1 amide bonds. The fraction of sp³-hybridized carbons (Fsp3) is 0.667. The molecule has 0 unspecified atom stereocenters. The molecule has 3 heteroatoms. The Morgan fingerprint density at radius 1 is 1.50 bits per heavy atom. The molecule has 0 aromatic rings. The van der Waals surface area contributed by atoms with Crippen molar-refractivity contribution in [3.8, 4) is 0 Å². The highest BCUT2D eigenvalue weighted by Crippen LogP contribution is 2.17. The molecule has 0 radical (unpaired) electrons. The average Bonchev–Trinajstić information content (AvgIpc) is 2.31. The zero-order valence-corrected chi connectivity index (χ0v) is 7.03. The number of carbonyl (C=O) groups excluding carboxylic acids is 1. The summed E-state index contributed by atoms with van der Waals surface area (Å²) in [4.78, 5) is 13.0. The second kappa shape index (κ2) is 3.17. The first-order valence-electron chi connectivity index (χ1n) is 4.48. The van der Waals surface area contributed by atoms with E-state index in [2.05, 4.69) is 12.2 Å². The minimum absolute atomic E-state index is 0.147. The van der Waals surface area contributed by atoms with Gasteiger partial charge >= 0.3 is 6.09 Å². The molecular weight excluding hydrogens is 154 g/mol. The second-order valence-corrected chi connectivity index (χ2v) is 3.26. The van der Waals surface area contributed by atoms with Crippen molar-refractivity contribution in [1.29, 1.82) is 0 Å². The highest BCUT2D eigenvalue weighted by molar-refractivity contribution is 5.70. The molecule has 3 nitrogen and oxygen atoms in total. The molecule has 2 heterocycles. The summed E-state index contributed by atoms with van der Waals surface area (Å²) in [7, 11) is 0. The van der Waals surface area contributed by atoms with E-state index < -0.39 is 0 Å². The van der Waals surface area contributed by atoms with E-state index in [0.717, 1.165) is 19.4 Å². The molecule has 0 N–H and O–H groups in total. The maximum Gasteiger partial charge on any atom is 0.410 e. The smallest absolute Gasteiger partial charge is 0.410 e. The van der Waals surface area contributed by atoms with E-state index in [4.69, 9.17) is 4.74 Å². The Balaban J connectivity index is 2.11. The lowest BCUT2D eigenvalue weighted by molar-refractivity contribution is 0.157. The van der Waals surface area contributed by atoms with E-state index in [0.29, 0.717) is 6.61 Å². The molecule has 0 saturated carbocycles. The van der Waals surface area contributed by atoms with E-state index in [1.807, 2.05) is 4.90 Å². The van der Waals surface area contributed by atoms with Gasteiger partial charge in [-0.2, -0.15) is 0 Å². The number of hydrogen-bond donors (Lipinski definition) is 0. The van der Waals surface area contributed by atoms with Crippen LogP contribution >= 0.6 is 0 Å². The minimum atomic E-state index is -0.147. The summed E-state index contributed by atoms with van der Waals surface area (Å²) >= 11 is 0. The number of rotatable bonds is 0. The molecular formula is C9H13NO2. The monoisotopic (exact) mass is 167 g/mol. The molecule has 0 aromatic carbocycles. The van der Waals surface area contributed by atoms with Crippen LogP contribution in [0.4, 0.5) is 4.79 Å². The van der Waals surface area contributed by atoms with Crippen molar-refractivity contribution in [2.24, 2.45) is 0 Å². The second-order valence-electron chi connectivity index (χ2n) is 3.26. The van der Waals surface area contributed by atoms with Gasteiger partial charge in [-0.05, 0) is 19.3 Å². The van der Waals surface area contributed by atoms with Crippen LogP contribution in [0.3, 0.4) is 0 Å². The van der Waals surface area contributed by atoms with E-state index in [1.54, 1.807) is 0 Å². The zero-order valence-electron chi connectivity index (χ0n) is 7.03. The molecule has 1 fully saturated rings. The lowest BCUT2D eigenvalue weighted by Gasteiger charge is -2.19. The largest absolute Gasteiger partial charge is 0.447 e. The molecule has 1 saturated heterocycles. The lowest BCUT2D eigenvalue weighted by atomic mass is 10.1. The first kappa shape index (κ1) is 7.65. The number of cyclic esters (lactones) is 1. The van der Waals surface area contributed by atoms with Crippen molar-refractivity contribution in [1.82, 2.24) is 4.90 Å². The Morgan fingerprint density at radius 2 is 2.42 bits per heavy atom. The quantitative estimate of drug-likeness (QED) is 0.512. The van der Waals surface area contributed by atoms with E-state index in [-0.39, 0.29) is 12.1 Å². The third kappa shape index (κ3) is 1.31. The summed E-state index contributed by atoms with van der Waals surface area (Å²) in [5.74, 6) is 0. The van der Waals surface area contributed by atoms with Crippen molar-refractivity contribution in [3.05, 3.63) is 12.2 Å². The number of allylic oxidation sites excluding steroid dienone is 1. The van der Waals surface area contributed by atoms with Crippen LogP contribution in [0, 0.1) is 0 Å². The van der Waals surface area contributed by atoms with Crippen molar-refractivity contribution in [2.45, 2.75) is 25.3 Å². The summed E-state index contributed by atoms with van der Waals surface area (Å²) in [6.07, 6.45) is 7.50. The SMILES string of the molecule is O=C1OC[C@@H]2/C=C\CCCCN12. The molecule has 0 aromatic heterocycles. The third-order valence-corrected chi connectivity index (χ3v) is 2.39. The van der Waals surface area contributed by atoms with Crippen LogP contribution in [0.25, 0.3) is 0 Å². The summed E-state index contributed by atoms with van der Waals surface area (Å²) in [6.45, 7) is 1.39.